The van der Waals surface area contributed by atoms with Crippen molar-refractivity contribution >= 4 is 19.8 Å². The molecule has 0 amide bonds. The van der Waals surface area contributed by atoms with E-state index in [1.165, 1.54) is 148 Å². The summed E-state index contributed by atoms with van der Waals surface area (Å²) in [5, 5.41) is 0. The van der Waals surface area contributed by atoms with Crippen molar-refractivity contribution in [2.45, 2.75) is 245 Å². The fourth-order valence-electron chi connectivity index (χ4n) is 7.15. The van der Waals surface area contributed by atoms with Crippen LogP contribution in [0.4, 0.5) is 0 Å². The van der Waals surface area contributed by atoms with Gasteiger partial charge in [0.05, 0.1) is 13.2 Å². The van der Waals surface area contributed by atoms with Gasteiger partial charge in [0.15, 0.2) is 6.10 Å². The van der Waals surface area contributed by atoms with Crippen LogP contribution in [0.5, 0.6) is 0 Å². The molecule has 0 aliphatic carbocycles. The second kappa shape index (κ2) is 48.4. The largest absolute Gasteiger partial charge is 0.472 e. The van der Waals surface area contributed by atoms with Crippen LogP contribution in [0.1, 0.15) is 239 Å². The number of hydrogen-bond acceptors (Lipinski definition) is 8. The van der Waals surface area contributed by atoms with Gasteiger partial charge in [0, 0.05) is 19.4 Å². The summed E-state index contributed by atoms with van der Waals surface area (Å²) in [6, 6.07) is 0. The van der Waals surface area contributed by atoms with Crippen LogP contribution >= 0.6 is 7.82 Å². The summed E-state index contributed by atoms with van der Waals surface area (Å²) in [7, 11) is -4.39. The number of ether oxygens (including phenoxy) is 2. The second-order valence-corrected chi connectivity index (χ2v) is 18.5. The summed E-state index contributed by atoms with van der Waals surface area (Å²) in [4.78, 5) is 35.0. The minimum Gasteiger partial charge on any atom is -0.462 e. The number of rotatable bonds is 48. The number of nitrogens with two attached hydrogens (primary N) is 1. The maximum absolute atomic E-state index is 12.7. The highest BCUT2D eigenvalue weighted by Crippen LogP contribution is 2.43. The van der Waals surface area contributed by atoms with Crippen LogP contribution in [0.15, 0.2) is 48.6 Å². The van der Waals surface area contributed by atoms with E-state index in [9.17, 15) is 19.0 Å². The number of allylic oxidation sites excluding steroid dienone is 8. The predicted octanol–water partition coefficient (Wildman–Crippen LogP) is 15.5. The first-order valence-electron chi connectivity index (χ1n) is 25.6. The van der Waals surface area contributed by atoms with E-state index in [0.717, 1.165) is 51.4 Å². The van der Waals surface area contributed by atoms with Crippen molar-refractivity contribution in [3.63, 3.8) is 0 Å². The highest BCUT2D eigenvalue weighted by Gasteiger charge is 2.26. The van der Waals surface area contributed by atoms with E-state index < -0.39 is 32.5 Å². The van der Waals surface area contributed by atoms with Gasteiger partial charge in [-0.15, -0.1) is 0 Å². The molecule has 62 heavy (non-hydrogen) atoms. The third kappa shape index (κ3) is 47.4. The zero-order valence-corrected chi connectivity index (χ0v) is 41.0. The lowest BCUT2D eigenvalue weighted by Gasteiger charge is -2.19. The molecule has 1 unspecified atom stereocenters. The number of phosphoric ester groups is 1. The zero-order valence-electron chi connectivity index (χ0n) is 40.1. The first-order chi connectivity index (χ1) is 30.3. The third-order valence-corrected chi connectivity index (χ3v) is 12.0. The summed E-state index contributed by atoms with van der Waals surface area (Å²) in [5.41, 5.74) is 5.36. The monoisotopic (exact) mass is 894 g/mol. The Hall–Kier alpha value is -2.03. The molecule has 0 bridgehead atoms. The van der Waals surface area contributed by atoms with Gasteiger partial charge < -0.3 is 20.1 Å². The Morgan fingerprint density at radius 2 is 0.839 bits per heavy atom. The molecular weight excluding hydrogens is 798 g/mol. The van der Waals surface area contributed by atoms with Gasteiger partial charge in [0.2, 0.25) is 0 Å². The van der Waals surface area contributed by atoms with Crippen molar-refractivity contribution in [1.29, 1.82) is 0 Å². The molecule has 0 saturated heterocycles. The smallest absolute Gasteiger partial charge is 0.462 e. The molecule has 0 aromatic heterocycles. The lowest BCUT2D eigenvalue weighted by molar-refractivity contribution is -0.161. The Kier molecular flexibility index (Phi) is 46.8. The van der Waals surface area contributed by atoms with E-state index in [-0.39, 0.29) is 32.6 Å². The molecule has 0 radical (unpaired) electrons. The number of carbonyl (C=O) groups excluding carboxylic acids is 2. The fraction of sp³-hybridized carbons (Fsp3) is 0.808. The van der Waals surface area contributed by atoms with Gasteiger partial charge in [-0.25, -0.2) is 4.57 Å². The van der Waals surface area contributed by atoms with Crippen LogP contribution in [0.25, 0.3) is 0 Å². The molecule has 0 spiro atoms. The topological polar surface area (TPSA) is 134 Å². The average molecular weight is 894 g/mol. The lowest BCUT2D eigenvalue weighted by Crippen LogP contribution is -2.29. The van der Waals surface area contributed by atoms with E-state index in [0.29, 0.717) is 12.8 Å². The summed E-state index contributed by atoms with van der Waals surface area (Å²) in [6.45, 7) is 3.70. The molecule has 0 aromatic rings. The number of hydrogen-bond donors (Lipinski definition) is 2. The van der Waals surface area contributed by atoms with Crippen LogP contribution in [0.2, 0.25) is 0 Å². The predicted molar refractivity (Wildman–Crippen MR) is 261 cm³/mol. The van der Waals surface area contributed by atoms with Crippen LogP contribution in [0.3, 0.4) is 0 Å². The van der Waals surface area contributed by atoms with E-state index in [1.54, 1.807) is 0 Å². The summed E-state index contributed by atoms with van der Waals surface area (Å²) >= 11 is 0. The number of unbranched alkanes of at least 4 members (excludes halogenated alkanes) is 27. The normalized spacial score (nSPS) is 13.5. The molecular formula is C52H96NO8P. The molecule has 0 fully saturated rings. The summed E-state index contributed by atoms with van der Waals surface area (Å²) < 4.78 is 32.9. The molecule has 3 N–H and O–H groups in total. The van der Waals surface area contributed by atoms with Gasteiger partial charge >= 0.3 is 19.8 Å². The van der Waals surface area contributed by atoms with Crippen molar-refractivity contribution in [1.82, 2.24) is 0 Å². The number of esters is 2. The van der Waals surface area contributed by atoms with Crippen molar-refractivity contribution < 1.29 is 37.6 Å². The Morgan fingerprint density at radius 1 is 0.484 bits per heavy atom. The number of carbonyl (C=O) groups is 2. The summed E-state index contributed by atoms with van der Waals surface area (Å²) in [6.07, 6.45) is 57.2. The maximum Gasteiger partial charge on any atom is 0.472 e. The van der Waals surface area contributed by atoms with Crippen LogP contribution in [-0.2, 0) is 32.7 Å². The number of phosphoric acid groups is 1. The van der Waals surface area contributed by atoms with Gasteiger partial charge in [-0.2, -0.15) is 0 Å². The Morgan fingerprint density at radius 3 is 1.27 bits per heavy atom. The van der Waals surface area contributed by atoms with E-state index in [2.05, 4.69) is 62.5 Å². The fourth-order valence-corrected chi connectivity index (χ4v) is 7.91. The highest BCUT2D eigenvalue weighted by atomic mass is 31.2. The Bertz CT molecular complexity index is 1160. The summed E-state index contributed by atoms with van der Waals surface area (Å²) in [5.74, 6) is -0.856. The third-order valence-electron chi connectivity index (χ3n) is 11.0. The molecule has 0 aromatic carbocycles. The lowest BCUT2D eigenvalue weighted by atomic mass is 10.0. The molecule has 0 heterocycles. The zero-order chi connectivity index (χ0) is 45.3. The van der Waals surface area contributed by atoms with Gasteiger partial charge in [0.1, 0.15) is 6.61 Å². The molecule has 2 atom stereocenters. The minimum atomic E-state index is -4.39. The molecule has 362 valence electrons. The van der Waals surface area contributed by atoms with E-state index in [4.69, 9.17) is 24.3 Å². The van der Waals surface area contributed by atoms with Gasteiger partial charge in [-0.1, -0.05) is 217 Å². The van der Waals surface area contributed by atoms with Gasteiger partial charge in [0.25, 0.3) is 0 Å². The van der Waals surface area contributed by atoms with Gasteiger partial charge in [-0.05, 0) is 57.8 Å². The molecule has 0 saturated carbocycles. The second-order valence-electron chi connectivity index (χ2n) is 17.0. The molecule has 10 heteroatoms. The molecule has 0 rings (SSSR count). The first-order valence-corrected chi connectivity index (χ1v) is 27.1. The SMILES string of the molecule is CCCCC/C=C/C/C=C/C/C=C/C/C=C/CCCCCC(=O)OC[C@H](COP(=O)(O)OCCN)OC(=O)CCCCCCCCCCCCCCCCCCCCCCCC. The Labute approximate surface area is 381 Å². The van der Waals surface area contributed by atoms with E-state index in [1.807, 2.05) is 0 Å². The molecule has 0 aliphatic heterocycles. The van der Waals surface area contributed by atoms with Crippen LogP contribution in [0, 0.1) is 0 Å². The van der Waals surface area contributed by atoms with Crippen LogP contribution < -0.4 is 5.73 Å². The quantitative estimate of drug-likeness (QED) is 0.0265. The van der Waals surface area contributed by atoms with Crippen molar-refractivity contribution in [3.8, 4) is 0 Å². The minimum absolute atomic E-state index is 0.0486. The average Bonchev–Trinajstić information content (AvgIpc) is 3.26. The Balaban J connectivity index is 4.08. The van der Waals surface area contributed by atoms with Crippen molar-refractivity contribution in [2.24, 2.45) is 5.73 Å². The maximum atomic E-state index is 12.7. The standard InChI is InChI=1S/C52H96NO8P/c1-3-5-7-9-11-13-15-17-19-21-23-24-25-27-29-31-33-35-37-39-41-43-45-52(55)61-50(49-60-62(56,57)59-47-46-53)48-58-51(54)44-42-40-38-36-34-32-30-28-26-22-20-18-16-14-12-10-8-6-4-2/h12,14,18,20,26,28,32,34,50H,3-11,13,15-17,19,21-25,27,29-31,33,35-49,53H2,1-2H3,(H,56,57)/b14-12+,20-18+,28-26+,34-32+/t50-/m1/s1. The molecule has 0 aliphatic rings. The van der Waals surface area contributed by atoms with Crippen molar-refractivity contribution in [2.75, 3.05) is 26.4 Å². The van der Waals surface area contributed by atoms with E-state index >= 15 is 0 Å². The highest BCUT2D eigenvalue weighted by molar-refractivity contribution is 7.47. The van der Waals surface area contributed by atoms with Crippen LogP contribution in [-0.4, -0.2) is 49.3 Å². The molecule has 9 nitrogen and oxygen atoms in total. The van der Waals surface area contributed by atoms with Gasteiger partial charge in [-0.3, -0.25) is 18.6 Å². The van der Waals surface area contributed by atoms with Crippen molar-refractivity contribution in [3.05, 3.63) is 48.6 Å². The first kappa shape index (κ1) is 60.0.